The molecule has 0 unspecified atom stereocenters. The second-order valence-corrected chi connectivity index (χ2v) is 4.52. The lowest BCUT2D eigenvalue weighted by Crippen LogP contribution is -2.11. The summed E-state index contributed by atoms with van der Waals surface area (Å²) in [6, 6.07) is 6.85. The molecular weight excluding hydrogens is 264 g/mol. The number of anilines is 1. The maximum atomic E-state index is 11.9. The molecule has 0 bridgehead atoms. The molecule has 2 heterocycles. The molecule has 0 aliphatic rings. The number of rotatable bonds is 4. The Bertz CT molecular complexity index is 620. The van der Waals surface area contributed by atoms with Gasteiger partial charge in [0.05, 0.1) is 5.56 Å². The van der Waals surface area contributed by atoms with Gasteiger partial charge in [-0.05, 0) is 24.3 Å². The molecule has 2 aromatic rings. The lowest BCUT2D eigenvalue weighted by Gasteiger charge is -2.01. The molecule has 0 radical (unpaired) electrons. The first-order chi connectivity index (χ1) is 9.15. The fourth-order valence-electron chi connectivity index (χ4n) is 1.34. The summed E-state index contributed by atoms with van der Waals surface area (Å²) >= 11 is 1.30. The van der Waals surface area contributed by atoms with E-state index in [0.717, 1.165) is 6.08 Å². The van der Waals surface area contributed by atoms with Gasteiger partial charge in [-0.15, -0.1) is 11.3 Å². The van der Waals surface area contributed by atoms with Gasteiger partial charge in [-0.3, -0.25) is 4.79 Å². The average Bonchev–Trinajstić information content (AvgIpc) is 2.86. The first kappa shape index (κ1) is 13.0. The van der Waals surface area contributed by atoms with Crippen molar-refractivity contribution in [2.75, 3.05) is 5.32 Å². The lowest BCUT2D eigenvalue weighted by molar-refractivity contribution is -0.131. The molecule has 1 amide bonds. The highest BCUT2D eigenvalue weighted by atomic mass is 32.1. The zero-order chi connectivity index (χ0) is 13.7. The number of pyridine rings is 1. The average molecular weight is 274 g/mol. The summed E-state index contributed by atoms with van der Waals surface area (Å²) in [6.07, 6.45) is 4.07. The number of amides is 1. The second-order valence-electron chi connectivity index (χ2n) is 3.58. The van der Waals surface area contributed by atoms with Gasteiger partial charge < -0.3 is 10.4 Å². The first-order valence-corrected chi connectivity index (χ1v) is 6.25. The Hall–Kier alpha value is -2.47. The summed E-state index contributed by atoms with van der Waals surface area (Å²) in [4.78, 5) is 27.0. The molecule has 2 aromatic heterocycles. The summed E-state index contributed by atoms with van der Waals surface area (Å²) in [6.45, 7) is 0. The molecule has 0 saturated heterocycles. The van der Waals surface area contributed by atoms with Crippen molar-refractivity contribution >= 4 is 35.1 Å². The lowest BCUT2D eigenvalue weighted by atomic mass is 10.3. The molecule has 5 nitrogen and oxygen atoms in total. The topological polar surface area (TPSA) is 79.3 Å². The Morgan fingerprint density at radius 3 is 2.89 bits per heavy atom. The molecule has 2 N–H and O–H groups in total. The van der Waals surface area contributed by atoms with Gasteiger partial charge in [0.2, 0.25) is 0 Å². The predicted octanol–water partition coefficient (Wildman–Crippen LogP) is 2.49. The van der Waals surface area contributed by atoms with E-state index in [1.807, 2.05) is 0 Å². The van der Waals surface area contributed by atoms with E-state index in [4.69, 9.17) is 5.11 Å². The number of thiophene rings is 1. The van der Waals surface area contributed by atoms with Crippen molar-refractivity contribution in [2.45, 2.75) is 0 Å². The van der Waals surface area contributed by atoms with E-state index in [1.165, 1.54) is 17.4 Å². The number of carbonyl (C=O) groups excluding carboxylic acids is 1. The summed E-state index contributed by atoms with van der Waals surface area (Å²) in [7, 11) is 0. The minimum atomic E-state index is -1.02. The quantitative estimate of drug-likeness (QED) is 0.839. The van der Waals surface area contributed by atoms with E-state index in [-0.39, 0.29) is 5.91 Å². The van der Waals surface area contributed by atoms with Gasteiger partial charge in [0.1, 0.15) is 5.82 Å². The van der Waals surface area contributed by atoms with E-state index >= 15 is 0 Å². The number of nitrogens with zero attached hydrogens (tertiary/aromatic N) is 1. The van der Waals surface area contributed by atoms with Gasteiger partial charge in [-0.1, -0.05) is 6.07 Å². The Kier molecular flexibility index (Phi) is 4.04. The highest BCUT2D eigenvalue weighted by Crippen LogP contribution is 2.17. The van der Waals surface area contributed by atoms with Gasteiger partial charge in [-0.2, -0.15) is 0 Å². The Labute approximate surface area is 113 Å². The van der Waals surface area contributed by atoms with Crippen molar-refractivity contribution in [3.05, 3.63) is 52.4 Å². The normalized spacial score (nSPS) is 10.5. The second kappa shape index (κ2) is 5.92. The Balaban J connectivity index is 2.06. The van der Waals surface area contributed by atoms with E-state index in [2.05, 4.69) is 10.3 Å². The van der Waals surface area contributed by atoms with Crippen molar-refractivity contribution in [2.24, 2.45) is 0 Å². The molecule has 0 saturated carbocycles. The highest BCUT2D eigenvalue weighted by Gasteiger charge is 2.08. The standard InChI is InChI=1S/C13H10N2O3S/c16-12(17)5-4-10-7-9(8-19-10)13(18)15-11-3-1-2-6-14-11/h1-8H,(H,16,17)(H,14,15,18). The van der Waals surface area contributed by atoms with Crippen LogP contribution in [0.15, 0.2) is 41.9 Å². The third-order valence-corrected chi connectivity index (χ3v) is 3.08. The number of aliphatic carboxylic acids is 1. The highest BCUT2D eigenvalue weighted by molar-refractivity contribution is 7.11. The van der Waals surface area contributed by atoms with Crippen molar-refractivity contribution in [3.63, 3.8) is 0 Å². The molecule has 0 aliphatic carbocycles. The van der Waals surface area contributed by atoms with Gasteiger partial charge in [0, 0.05) is 22.5 Å². The minimum absolute atomic E-state index is 0.273. The van der Waals surface area contributed by atoms with Crippen LogP contribution in [-0.4, -0.2) is 22.0 Å². The number of nitrogens with one attached hydrogen (secondary N) is 1. The number of hydrogen-bond acceptors (Lipinski definition) is 4. The summed E-state index contributed by atoms with van der Waals surface area (Å²) in [5.41, 5.74) is 0.473. The number of carbonyl (C=O) groups is 2. The largest absolute Gasteiger partial charge is 0.478 e. The van der Waals surface area contributed by atoms with E-state index in [9.17, 15) is 9.59 Å². The molecule has 19 heavy (non-hydrogen) atoms. The summed E-state index contributed by atoms with van der Waals surface area (Å²) < 4.78 is 0. The van der Waals surface area contributed by atoms with Gasteiger partial charge in [-0.25, -0.2) is 9.78 Å². The van der Waals surface area contributed by atoms with Gasteiger partial charge in [0.15, 0.2) is 0 Å². The van der Waals surface area contributed by atoms with Gasteiger partial charge >= 0.3 is 5.97 Å². The Morgan fingerprint density at radius 2 is 2.21 bits per heavy atom. The molecular formula is C13H10N2O3S. The molecule has 0 atom stereocenters. The first-order valence-electron chi connectivity index (χ1n) is 5.37. The molecule has 96 valence electrons. The van der Waals surface area contributed by atoms with Crippen molar-refractivity contribution in [1.29, 1.82) is 0 Å². The number of hydrogen-bond donors (Lipinski definition) is 2. The van der Waals surface area contributed by atoms with Crippen LogP contribution >= 0.6 is 11.3 Å². The SMILES string of the molecule is O=C(O)C=Cc1cc(C(=O)Nc2ccccn2)cs1. The fraction of sp³-hybridized carbons (Fsp3) is 0. The number of carboxylic acids is 1. The third kappa shape index (κ3) is 3.75. The Morgan fingerprint density at radius 1 is 1.37 bits per heavy atom. The zero-order valence-corrected chi connectivity index (χ0v) is 10.6. The number of carboxylic acid groups (broad SMARTS) is 1. The minimum Gasteiger partial charge on any atom is -0.478 e. The zero-order valence-electron chi connectivity index (χ0n) is 9.74. The fourth-order valence-corrected chi connectivity index (χ4v) is 2.12. The monoisotopic (exact) mass is 274 g/mol. The van der Waals surface area contributed by atoms with Crippen molar-refractivity contribution < 1.29 is 14.7 Å². The van der Waals surface area contributed by atoms with Crippen molar-refractivity contribution in [3.8, 4) is 0 Å². The van der Waals surface area contributed by atoms with E-state index in [0.29, 0.717) is 16.3 Å². The van der Waals surface area contributed by atoms with E-state index < -0.39 is 5.97 Å². The molecule has 0 aromatic carbocycles. The predicted molar refractivity (Wildman–Crippen MR) is 73.2 cm³/mol. The maximum Gasteiger partial charge on any atom is 0.328 e. The maximum absolute atomic E-state index is 11.9. The van der Waals surface area contributed by atoms with Crippen LogP contribution in [0.1, 0.15) is 15.2 Å². The third-order valence-electron chi connectivity index (χ3n) is 2.18. The van der Waals surface area contributed by atoms with Crippen molar-refractivity contribution in [1.82, 2.24) is 4.98 Å². The molecule has 2 rings (SSSR count). The molecule has 0 aliphatic heterocycles. The van der Waals surface area contributed by atoms with Crippen LogP contribution in [0.2, 0.25) is 0 Å². The van der Waals surface area contributed by atoms with Crippen LogP contribution in [0.5, 0.6) is 0 Å². The van der Waals surface area contributed by atoms with Crippen LogP contribution in [0, 0.1) is 0 Å². The van der Waals surface area contributed by atoms with Crippen LogP contribution < -0.4 is 5.32 Å². The van der Waals surface area contributed by atoms with Crippen LogP contribution in [-0.2, 0) is 4.79 Å². The molecule has 0 fully saturated rings. The van der Waals surface area contributed by atoms with Crippen LogP contribution in [0.25, 0.3) is 6.08 Å². The number of aromatic nitrogens is 1. The molecule has 6 heteroatoms. The summed E-state index contributed by atoms with van der Waals surface area (Å²) in [5, 5.41) is 12.8. The van der Waals surface area contributed by atoms with Crippen LogP contribution in [0.3, 0.4) is 0 Å². The molecule has 0 spiro atoms. The van der Waals surface area contributed by atoms with E-state index in [1.54, 1.807) is 35.8 Å². The van der Waals surface area contributed by atoms with Crippen LogP contribution in [0.4, 0.5) is 5.82 Å². The smallest absolute Gasteiger partial charge is 0.328 e. The van der Waals surface area contributed by atoms with Gasteiger partial charge in [0.25, 0.3) is 5.91 Å². The summed E-state index contributed by atoms with van der Waals surface area (Å²) in [5.74, 6) is -0.820.